The number of halogens is 2. The number of rotatable bonds is 3. The second-order valence-corrected chi connectivity index (χ2v) is 5.55. The Morgan fingerprint density at radius 2 is 1.91 bits per heavy atom. The van der Waals surface area contributed by atoms with Gasteiger partial charge in [-0.3, -0.25) is 4.79 Å². The summed E-state index contributed by atoms with van der Waals surface area (Å²) in [5, 5.41) is 3.11. The maximum Gasteiger partial charge on any atom is 0.251 e. The normalized spacial score (nSPS) is 13.3. The molecule has 6 heteroatoms. The minimum absolute atomic E-state index is 0.285. The van der Waals surface area contributed by atoms with Crippen LogP contribution < -0.4 is 14.8 Å². The lowest BCUT2D eigenvalue weighted by Gasteiger charge is -2.12. The number of benzene rings is 2. The standard InChI is InChI=1S/C17H15ClFNO3/c18-14-8-12(9-15-16(14)23-7-1-6-22-15)17(21)20-10-11-2-4-13(19)5-3-11/h2-5,8-9H,1,6-7,10H2,(H,20,21). The van der Waals surface area contributed by atoms with E-state index in [1.165, 1.54) is 12.1 Å². The van der Waals surface area contributed by atoms with E-state index in [0.29, 0.717) is 41.8 Å². The summed E-state index contributed by atoms with van der Waals surface area (Å²) >= 11 is 6.17. The zero-order valence-electron chi connectivity index (χ0n) is 12.3. The number of carbonyl (C=O) groups excluding carboxylic acids is 1. The monoisotopic (exact) mass is 335 g/mol. The van der Waals surface area contributed by atoms with E-state index in [4.69, 9.17) is 21.1 Å². The van der Waals surface area contributed by atoms with Gasteiger partial charge in [-0.1, -0.05) is 23.7 Å². The van der Waals surface area contributed by atoms with E-state index in [0.717, 1.165) is 12.0 Å². The molecule has 1 amide bonds. The first-order valence-electron chi connectivity index (χ1n) is 7.25. The van der Waals surface area contributed by atoms with E-state index in [2.05, 4.69) is 5.32 Å². The van der Waals surface area contributed by atoms with E-state index >= 15 is 0 Å². The van der Waals surface area contributed by atoms with Gasteiger partial charge in [-0.15, -0.1) is 0 Å². The molecule has 0 unspecified atom stereocenters. The molecule has 0 saturated heterocycles. The van der Waals surface area contributed by atoms with E-state index in [9.17, 15) is 9.18 Å². The molecule has 0 aliphatic carbocycles. The fraction of sp³-hybridized carbons (Fsp3) is 0.235. The van der Waals surface area contributed by atoms with Crippen molar-refractivity contribution >= 4 is 17.5 Å². The highest BCUT2D eigenvalue weighted by molar-refractivity contribution is 6.32. The number of nitrogens with one attached hydrogen (secondary N) is 1. The van der Waals surface area contributed by atoms with Gasteiger partial charge in [-0.25, -0.2) is 4.39 Å². The second-order valence-electron chi connectivity index (χ2n) is 5.14. The second kappa shape index (κ2) is 6.87. The van der Waals surface area contributed by atoms with Crippen LogP contribution in [0.25, 0.3) is 0 Å². The third kappa shape index (κ3) is 3.74. The Balaban J connectivity index is 1.73. The number of hydrogen-bond acceptors (Lipinski definition) is 3. The molecule has 0 saturated carbocycles. The average Bonchev–Trinajstić information content (AvgIpc) is 2.80. The Morgan fingerprint density at radius 1 is 1.17 bits per heavy atom. The molecule has 2 aromatic carbocycles. The van der Waals surface area contributed by atoms with Gasteiger partial charge in [0.15, 0.2) is 11.5 Å². The zero-order chi connectivity index (χ0) is 16.2. The highest BCUT2D eigenvalue weighted by atomic mass is 35.5. The average molecular weight is 336 g/mol. The summed E-state index contributed by atoms with van der Waals surface area (Å²) in [6.07, 6.45) is 0.761. The fourth-order valence-electron chi connectivity index (χ4n) is 2.25. The molecule has 0 radical (unpaired) electrons. The van der Waals surface area contributed by atoms with Crippen LogP contribution in [0.1, 0.15) is 22.3 Å². The number of amides is 1. The van der Waals surface area contributed by atoms with Crippen LogP contribution in [-0.2, 0) is 6.54 Å². The number of ether oxygens (including phenoxy) is 2. The highest BCUT2D eigenvalue weighted by Gasteiger charge is 2.18. The number of hydrogen-bond donors (Lipinski definition) is 1. The van der Waals surface area contributed by atoms with E-state index < -0.39 is 0 Å². The van der Waals surface area contributed by atoms with Crippen LogP contribution in [0.5, 0.6) is 11.5 Å². The van der Waals surface area contributed by atoms with Gasteiger partial charge in [0, 0.05) is 18.5 Å². The lowest BCUT2D eigenvalue weighted by Crippen LogP contribution is -2.22. The summed E-state index contributed by atoms with van der Waals surface area (Å²) in [7, 11) is 0. The molecule has 0 atom stereocenters. The van der Waals surface area contributed by atoms with Crippen LogP contribution >= 0.6 is 11.6 Å². The molecule has 23 heavy (non-hydrogen) atoms. The molecule has 1 aliphatic rings. The summed E-state index contributed by atoms with van der Waals surface area (Å²) in [5.74, 6) is 0.350. The van der Waals surface area contributed by atoms with Crippen LogP contribution in [-0.4, -0.2) is 19.1 Å². The molecular weight excluding hydrogens is 321 g/mol. The van der Waals surface area contributed by atoms with E-state index in [1.54, 1.807) is 24.3 Å². The Bertz CT molecular complexity index is 719. The first-order chi connectivity index (χ1) is 11.1. The first kappa shape index (κ1) is 15.6. The predicted octanol–water partition coefficient (Wildman–Crippen LogP) is 3.57. The van der Waals surface area contributed by atoms with Gasteiger partial charge in [0.1, 0.15) is 5.82 Å². The maximum atomic E-state index is 12.9. The third-order valence-electron chi connectivity index (χ3n) is 3.43. The minimum Gasteiger partial charge on any atom is -0.489 e. The molecule has 3 rings (SSSR count). The summed E-state index contributed by atoms with van der Waals surface area (Å²) < 4.78 is 24.0. The van der Waals surface area contributed by atoms with Crippen molar-refractivity contribution in [1.82, 2.24) is 5.32 Å². The van der Waals surface area contributed by atoms with E-state index in [-0.39, 0.29) is 11.7 Å². The summed E-state index contributed by atoms with van der Waals surface area (Å²) in [5.41, 5.74) is 1.20. The fourth-order valence-corrected chi connectivity index (χ4v) is 2.51. The van der Waals surface area contributed by atoms with Crippen molar-refractivity contribution in [1.29, 1.82) is 0 Å². The smallest absolute Gasteiger partial charge is 0.251 e. The van der Waals surface area contributed by atoms with Crippen LogP contribution in [0.2, 0.25) is 5.02 Å². The van der Waals surface area contributed by atoms with Crippen molar-refractivity contribution in [3.05, 3.63) is 58.4 Å². The van der Waals surface area contributed by atoms with Crippen molar-refractivity contribution < 1.29 is 18.7 Å². The summed E-state index contributed by atoms with van der Waals surface area (Å²) in [6, 6.07) is 9.12. The van der Waals surface area contributed by atoms with Crippen LogP contribution in [0.4, 0.5) is 4.39 Å². The summed E-state index contributed by atoms with van der Waals surface area (Å²) in [4.78, 5) is 12.3. The van der Waals surface area contributed by atoms with Crippen LogP contribution in [0.15, 0.2) is 36.4 Å². The Labute approximate surface area is 138 Å². The molecule has 1 N–H and O–H groups in total. The van der Waals surface area contributed by atoms with Gasteiger partial charge >= 0.3 is 0 Å². The Morgan fingerprint density at radius 3 is 2.70 bits per heavy atom. The van der Waals surface area contributed by atoms with Crippen molar-refractivity contribution in [2.45, 2.75) is 13.0 Å². The molecular formula is C17H15ClFNO3. The topological polar surface area (TPSA) is 47.6 Å². The van der Waals surface area contributed by atoms with Crippen molar-refractivity contribution in [3.63, 3.8) is 0 Å². The summed E-state index contributed by atoms with van der Waals surface area (Å²) in [6.45, 7) is 1.35. The molecule has 2 aromatic rings. The van der Waals surface area contributed by atoms with Gasteiger partial charge in [0.25, 0.3) is 5.91 Å². The van der Waals surface area contributed by atoms with Crippen LogP contribution in [0.3, 0.4) is 0 Å². The predicted molar refractivity (Wildman–Crippen MR) is 84.6 cm³/mol. The SMILES string of the molecule is O=C(NCc1ccc(F)cc1)c1cc(Cl)c2c(c1)OCCCO2. The van der Waals surface area contributed by atoms with Gasteiger partial charge in [0.05, 0.1) is 18.2 Å². The Kier molecular flexibility index (Phi) is 4.67. The van der Waals surface area contributed by atoms with Gasteiger partial charge < -0.3 is 14.8 Å². The van der Waals surface area contributed by atoms with Crippen LogP contribution in [0, 0.1) is 5.82 Å². The Hall–Kier alpha value is -2.27. The quantitative estimate of drug-likeness (QED) is 0.932. The van der Waals surface area contributed by atoms with Crippen molar-refractivity contribution in [3.8, 4) is 11.5 Å². The van der Waals surface area contributed by atoms with Gasteiger partial charge in [-0.05, 0) is 29.8 Å². The largest absolute Gasteiger partial charge is 0.489 e. The molecule has 0 bridgehead atoms. The lowest BCUT2D eigenvalue weighted by molar-refractivity contribution is 0.0950. The molecule has 0 fully saturated rings. The molecule has 1 heterocycles. The molecule has 4 nitrogen and oxygen atoms in total. The van der Waals surface area contributed by atoms with Crippen molar-refractivity contribution in [2.24, 2.45) is 0 Å². The lowest BCUT2D eigenvalue weighted by atomic mass is 10.1. The third-order valence-corrected chi connectivity index (χ3v) is 3.71. The molecule has 0 aromatic heterocycles. The maximum absolute atomic E-state index is 12.9. The van der Waals surface area contributed by atoms with Gasteiger partial charge in [-0.2, -0.15) is 0 Å². The number of carbonyl (C=O) groups is 1. The molecule has 1 aliphatic heterocycles. The number of fused-ring (bicyclic) bond motifs is 1. The van der Waals surface area contributed by atoms with Gasteiger partial charge in [0.2, 0.25) is 0 Å². The van der Waals surface area contributed by atoms with Crippen molar-refractivity contribution in [2.75, 3.05) is 13.2 Å². The first-order valence-corrected chi connectivity index (χ1v) is 7.63. The highest BCUT2D eigenvalue weighted by Crippen LogP contribution is 2.37. The minimum atomic E-state index is -0.310. The molecule has 120 valence electrons. The zero-order valence-corrected chi connectivity index (χ0v) is 13.0. The van der Waals surface area contributed by atoms with E-state index in [1.807, 2.05) is 0 Å². The molecule has 0 spiro atoms.